The second kappa shape index (κ2) is 9.63. The fourth-order valence-corrected chi connectivity index (χ4v) is 4.58. The fourth-order valence-electron chi connectivity index (χ4n) is 4.58. The van der Waals surface area contributed by atoms with Crippen molar-refractivity contribution in [3.8, 4) is 0 Å². The second-order valence-corrected chi connectivity index (χ2v) is 8.55. The second-order valence-electron chi connectivity index (χ2n) is 8.55. The number of hydrogen-bond donors (Lipinski definition) is 2. The maximum Gasteiger partial charge on any atom is 0.159 e. The highest BCUT2D eigenvalue weighted by atomic mass is 16.3. The molecule has 1 aliphatic heterocycles. The number of rotatable bonds is 7. The van der Waals surface area contributed by atoms with Gasteiger partial charge in [0.15, 0.2) is 5.60 Å². The van der Waals surface area contributed by atoms with Crippen LogP contribution in [0.25, 0.3) is 0 Å². The molecule has 0 spiro atoms. The molecule has 4 aromatic rings. The van der Waals surface area contributed by atoms with E-state index in [4.69, 9.17) is 0 Å². The SMILES string of the molecule is OC(C/C=C1\N=CN=C1C(O)(c1ccccc1)c1ccccc1)(c1ccccc1)c1ccccc1. The molecule has 0 saturated heterocycles. The minimum absolute atomic E-state index is 0.256. The zero-order valence-corrected chi connectivity index (χ0v) is 19.2. The predicted octanol–water partition coefficient (Wildman–Crippen LogP) is 5.62. The Kier molecular flexibility index (Phi) is 6.23. The Hall–Kier alpha value is -4.12. The monoisotopic (exact) mass is 458 g/mol. The number of aliphatic hydroxyl groups is 2. The maximum atomic E-state index is 12.2. The summed E-state index contributed by atoms with van der Waals surface area (Å²) < 4.78 is 0. The Morgan fingerprint density at radius 3 is 1.40 bits per heavy atom. The molecule has 0 aliphatic carbocycles. The average Bonchev–Trinajstić information content (AvgIpc) is 3.42. The van der Waals surface area contributed by atoms with Gasteiger partial charge in [-0.2, -0.15) is 0 Å². The molecule has 172 valence electrons. The molecule has 0 saturated carbocycles. The molecule has 1 heterocycles. The van der Waals surface area contributed by atoms with Crippen LogP contribution in [0.1, 0.15) is 28.7 Å². The average molecular weight is 459 g/mol. The Morgan fingerprint density at radius 1 is 0.571 bits per heavy atom. The highest BCUT2D eigenvalue weighted by Crippen LogP contribution is 2.38. The van der Waals surface area contributed by atoms with Crippen LogP contribution in [0, 0.1) is 0 Å². The van der Waals surface area contributed by atoms with Gasteiger partial charge in [-0.3, -0.25) is 0 Å². The quantitative estimate of drug-likeness (QED) is 0.378. The Labute approximate surface area is 205 Å². The number of nitrogens with zero attached hydrogens (tertiary/aromatic N) is 2. The van der Waals surface area contributed by atoms with E-state index >= 15 is 0 Å². The molecule has 0 radical (unpaired) electrons. The molecule has 0 aromatic heterocycles. The molecule has 4 aromatic carbocycles. The molecule has 35 heavy (non-hydrogen) atoms. The summed E-state index contributed by atoms with van der Waals surface area (Å²) in [5.74, 6) is 0. The Morgan fingerprint density at radius 2 is 0.971 bits per heavy atom. The van der Waals surface area contributed by atoms with Crippen molar-refractivity contribution in [3.63, 3.8) is 0 Å². The third-order valence-corrected chi connectivity index (χ3v) is 6.45. The summed E-state index contributed by atoms with van der Waals surface area (Å²) in [5.41, 5.74) is 1.16. The van der Waals surface area contributed by atoms with E-state index in [0.717, 1.165) is 11.1 Å². The molecule has 5 rings (SSSR count). The zero-order chi connectivity index (χ0) is 24.1. The molecule has 0 unspecified atom stereocenters. The number of hydrogen-bond acceptors (Lipinski definition) is 4. The van der Waals surface area contributed by atoms with E-state index in [0.29, 0.717) is 22.5 Å². The highest BCUT2D eigenvalue weighted by molar-refractivity contribution is 6.14. The van der Waals surface area contributed by atoms with E-state index in [-0.39, 0.29) is 6.42 Å². The summed E-state index contributed by atoms with van der Waals surface area (Å²) >= 11 is 0. The van der Waals surface area contributed by atoms with Gasteiger partial charge in [-0.25, -0.2) is 9.98 Å². The van der Waals surface area contributed by atoms with Crippen LogP contribution in [0.4, 0.5) is 0 Å². The molecular formula is C31H26N2O2. The minimum Gasteiger partial charge on any atom is -0.380 e. The standard InChI is InChI=1S/C31H26N2O2/c34-30(24-13-5-1-6-14-24,25-15-7-2-8-16-25)22-21-28-29(33-23-32-28)31(35,26-17-9-3-10-18-26)27-19-11-4-12-20-27/h1-21,23,34-35H,22H2/b28-21-. The fraction of sp³-hybridized carbons (Fsp3) is 0.0968. The van der Waals surface area contributed by atoms with Crippen LogP contribution in [0.3, 0.4) is 0 Å². The van der Waals surface area contributed by atoms with Crippen LogP contribution >= 0.6 is 0 Å². The van der Waals surface area contributed by atoms with E-state index in [2.05, 4.69) is 9.98 Å². The molecule has 0 atom stereocenters. The lowest BCUT2D eigenvalue weighted by Gasteiger charge is -2.31. The van der Waals surface area contributed by atoms with Gasteiger partial charge in [0.1, 0.15) is 17.7 Å². The number of benzene rings is 4. The van der Waals surface area contributed by atoms with E-state index in [1.165, 1.54) is 6.34 Å². The van der Waals surface area contributed by atoms with Gasteiger partial charge in [0.2, 0.25) is 0 Å². The van der Waals surface area contributed by atoms with Crippen LogP contribution in [-0.4, -0.2) is 22.3 Å². The van der Waals surface area contributed by atoms with Gasteiger partial charge < -0.3 is 10.2 Å². The van der Waals surface area contributed by atoms with Gasteiger partial charge in [0, 0.05) is 6.42 Å². The highest BCUT2D eigenvalue weighted by Gasteiger charge is 2.41. The lowest BCUT2D eigenvalue weighted by atomic mass is 9.79. The largest absolute Gasteiger partial charge is 0.380 e. The summed E-state index contributed by atoms with van der Waals surface area (Å²) in [6.45, 7) is 0. The van der Waals surface area contributed by atoms with Gasteiger partial charge in [-0.05, 0) is 22.3 Å². The van der Waals surface area contributed by atoms with Gasteiger partial charge >= 0.3 is 0 Å². The van der Waals surface area contributed by atoms with Gasteiger partial charge in [-0.15, -0.1) is 0 Å². The van der Waals surface area contributed by atoms with E-state index < -0.39 is 11.2 Å². The minimum atomic E-state index is -1.50. The first kappa shape index (κ1) is 22.7. The van der Waals surface area contributed by atoms with Crippen molar-refractivity contribution in [2.24, 2.45) is 9.98 Å². The van der Waals surface area contributed by atoms with Gasteiger partial charge in [-0.1, -0.05) is 127 Å². The van der Waals surface area contributed by atoms with Crippen molar-refractivity contribution in [3.05, 3.63) is 155 Å². The third-order valence-electron chi connectivity index (χ3n) is 6.45. The summed E-state index contributed by atoms with van der Waals surface area (Å²) in [6.07, 6.45) is 3.58. The zero-order valence-electron chi connectivity index (χ0n) is 19.2. The normalized spacial score (nSPS) is 14.8. The van der Waals surface area contributed by atoms with E-state index in [1.807, 2.05) is 127 Å². The molecule has 4 heteroatoms. The maximum absolute atomic E-state index is 12.2. The lowest BCUT2D eigenvalue weighted by Crippen LogP contribution is -2.37. The topological polar surface area (TPSA) is 65.2 Å². The van der Waals surface area contributed by atoms with E-state index in [9.17, 15) is 10.2 Å². The number of aliphatic imine (C=N–C) groups is 2. The lowest BCUT2D eigenvalue weighted by molar-refractivity contribution is 0.0839. The summed E-state index contributed by atoms with van der Waals surface area (Å²) in [4.78, 5) is 9.00. The summed E-state index contributed by atoms with van der Waals surface area (Å²) in [7, 11) is 0. The van der Waals surface area contributed by atoms with Crippen LogP contribution in [0.2, 0.25) is 0 Å². The third kappa shape index (κ3) is 4.26. The van der Waals surface area contributed by atoms with E-state index in [1.54, 1.807) is 0 Å². The van der Waals surface area contributed by atoms with Crippen LogP contribution in [0.15, 0.2) is 143 Å². The van der Waals surface area contributed by atoms with Crippen LogP contribution < -0.4 is 0 Å². The van der Waals surface area contributed by atoms with Crippen molar-refractivity contribution in [2.75, 3.05) is 0 Å². The van der Waals surface area contributed by atoms with Crippen molar-refractivity contribution in [1.82, 2.24) is 0 Å². The van der Waals surface area contributed by atoms with Gasteiger partial charge in [0.25, 0.3) is 0 Å². The smallest absolute Gasteiger partial charge is 0.159 e. The molecule has 4 nitrogen and oxygen atoms in total. The first-order valence-corrected chi connectivity index (χ1v) is 11.6. The van der Waals surface area contributed by atoms with Crippen molar-refractivity contribution < 1.29 is 10.2 Å². The van der Waals surface area contributed by atoms with Crippen molar-refractivity contribution >= 4 is 12.1 Å². The molecule has 0 amide bonds. The van der Waals surface area contributed by atoms with Crippen LogP contribution in [-0.2, 0) is 11.2 Å². The van der Waals surface area contributed by atoms with Crippen molar-refractivity contribution in [1.29, 1.82) is 0 Å². The van der Waals surface area contributed by atoms with Gasteiger partial charge in [0.05, 0.1) is 5.70 Å². The Bertz CT molecular complexity index is 1280. The van der Waals surface area contributed by atoms with Crippen LogP contribution in [0.5, 0.6) is 0 Å². The first-order chi connectivity index (χ1) is 17.1. The van der Waals surface area contributed by atoms with Crippen molar-refractivity contribution in [2.45, 2.75) is 17.6 Å². The molecule has 0 fully saturated rings. The molecule has 0 bridgehead atoms. The summed E-state index contributed by atoms with van der Waals surface area (Å²) in [5, 5.41) is 24.1. The first-order valence-electron chi connectivity index (χ1n) is 11.6. The molecule has 2 N–H and O–H groups in total. The predicted molar refractivity (Wildman–Crippen MR) is 140 cm³/mol. The summed E-state index contributed by atoms with van der Waals surface area (Å²) in [6, 6.07) is 38.2. The molecular weight excluding hydrogens is 432 g/mol. The Balaban J connectivity index is 1.58. The molecule has 1 aliphatic rings.